The van der Waals surface area contributed by atoms with Crippen molar-refractivity contribution in [2.45, 2.75) is 59.3 Å². The van der Waals surface area contributed by atoms with Gasteiger partial charge in [0.05, 0.1) is 14.2 Å². The van der Waals surface area contributed by atoms with Crippen LogP contribution >= 0.6 is 0 Å². The van der Waals surface area contributed by atoms with Crippen LogP contribution in [0, 0.1) is 11.3 Å². The number of hydrogen-bond acceptors (Lipinski definition) is 5. The summed E-state index contributed by atoms with van der Waals surface area (Å²) in [7, 11) is 3.17. The third-order valence-corrected chi connectivity index (χ3v) is 5.63. The number of nitrogens with zero attached hydrogens (tertiary/aromatic N) is 1. The number of methoxy groups -OCH3 is 2. The number of hydrazone groups is 1. The molecule has 0 bridgehead atoms. The number of hydrogen-bond donors (Lipinski definition) is 2. The third kappa shape index (κ3) is 7.35. The molecule has 0 spiro atoms. The Morgan fingerprint density at radius 1 is 1.07 bits per heavy atom. The van der Waals surface area contributed by atoms with Gasteiger partial charge in [-0.25, -0.2) is 5.43 Å². The number of nitrogens with one attached hydrogen (secondary N) is 2. The fourth-order valence-corrected chi connectivity index (χ4v) is 3.70. The van der Waals surface area contributed by atoms with E-state index in [2.05, 4.69) is 36.6 Å². The Hall–Kier alpha value is -2.57. The highest BCUT2D eigenvalue weighted by molar-refractivity contribution is 5.97. The smallest absolute Gasteiger partial charge is 0.249 e. The Labute approximate surface area is 179 Å². The lowest BCUT2D eigenvalue weighted by Crippen LogP contribution is -2.32. The molecule has 30 heavy (non-hydrogen) atoms. The number of benzene rings is 1. The number of carbonyl (C=O) groups excluding carboxylic acids is 2. The van der Waals surface area contributed by atoms with Crippen molar-refractivity contribution in [2.24, 2.45) is 16.4 Å². The molecule has 0 atom stereocenters. The van der Waals surface area contributed by atoms with E-state index in [1.54, 1.807) is 14.2 Å². The van der Waals surface area contributed by atoms with Crippen molar-refractivity contribution in [3.8, 4) is 11.5 Å². The summed E-state index contributed by atoms with van der Waals surface area (Å²) in [5.41, 5.74) is 4.86. The molecule has 0 radical (unpaired) electrons. The van der Waals surface area contributed by atoms with Gasteiger partial charge < -0.3 is 14.8 Å². The molecule has 0 unspecified atom stereocenters. The van der Waals surface area contributed by atoms with Crippen molar-refractivity contribution in [3.63, 3.8) is 0 Å². The molecule has 1 aromatic carbocycles. The Morgan fingerprint density at radius 2 is 1.73 bits per heavy atom. The van der Waals surface area contributed by atoms with E-state index in [1.165, 1.54) is 0 Å². The first-order valence-electron chi connectivity index (χ1n) is 10.5. The number of carbonyl (C=O) groups is 2. The average Bonchev–Trinajstić information content (AvgIpc) is 2.71. The minimum atomic E-state index is -0.385. The highest BCUT2D eigenvalue weighted by Gasteiger charge is 2.28. The minimum Gasteiger partial charge on any atom is -0.493 e. The zero-order chi connectivity index (χ0) is 22.1. The van der Waals surface area contributed by atoms with E-state index in [-0.39, 0.29) is 18.2 Å². The van der Waals surface area contributed by atoms with Crippen LogP contribution in [-0.4, -0.2) is 38.3 Å². The first-order valence-corrected chi connectivity index (χ1v) is 10.5. The van der Waals surface area contributed by atoms with Gasteiger partial charge in [0.25, 0.3) is 0 Å². The highest BCUT2D eigenvalue weighted by Crippen LogP contribution is 2.36. The zero-order valence-electron chi connectivity index (χ0n) is 18.8. The Bertz CT molecular complexity index is 758. The van der Waals surface area contributed by atoms with E-state index in [0.717, 1.165) is 37.0 Å². The molecular weight excluding hydrogens is 382 g/mol. The molecule has 7 heteroatoms. The molecule has 2 amide bonds. The molecule has 2 N–H and O–H groups in total. The predicted octanol–water partition coefficient (Wildman–Crippen LogP) is 3.46. The van der Waals surface area contributed by atoms with E-state index in [1.807, 2.05) is 18.2 Å². The number of amides is 2. The van der Waals surface area contributed by atoms with Gasteiger partial charge in [-0.15, -0.1) is 0 Å². The lowest BCUT2D eigenvalue weighted by molar-refractivity contribution is -0.129. The Morgan fingerprint density at radius 3 is 2.33 bits per heavy atom. The second kappa shape index (κ2) is 11.0. The topological polar surface area (TPSA) is 89.0 Å². The van der Waals surface area contributed by atoms with Crippen molar-refractivity contribution >= 4 is 17.5 Å². The second-order valence-electron chi connectivity index (χ2n) is 8.82. The van der Waals surface area contributed by atoms with Crippen LogP contribution in [0.15, 0.2) is 23.3 Å². The van der Waals surface area contributed by atoms with Gasteiger partial charge in [0.1, 0.15) is 6.42 Å². The molecule has 166 valence electrons. The van der Waals surface area contributed by atoms with Crippen molar-refractivity contribution < 1.29 is 19.1 Å². The van der Waals surface area contributed by atoms with Gasteiger partial charge >= 0.3 is 0 Å². The molecule has 1 aliphatic carbocycles. The maximum absolute atomic E-state index is 12.0. The van der Waals surface area contributed by atoms with Crippen LogP contribution in [0.4, 0.5) is 0 Å². The molecule has 0 saturated heterocycles. The Balaban J connectivity index is 1.69. The minimum absolute atomic E-state index is 0.229. The monoisotopic (exact) mass is 417 g/mol. The van der Waals surface area contributed by atoms with E-state index in [4.69, 9.17) is 9.47 Å². The van der Waals surface area contributed by atoms with E-state index in [0.29, 0.717) is 35.8 Å². The van der Waals surface area contributed by atoms with Crippen LogP contribution in [0.2, 0.25) is 0 Å². The van der Waals surface area contributed by atoms with Gasteiger partial charge in [-0.3, -0.25) is 9.59 Å². The standard InChI is InChI=1S/C23H35N3O4/c1-23(2,3)17-7-9-18(10-8-17)25-26-22(28)15-21(27)24-13-12-16-6-11-19(29-4)20(14-16)30-5/h6,11,14,17H,7-10,12-13,15H2,1-5H3,(H,24,27)(H,26,28). The molecule has 0 aromatic heterocycles. The summed E-state index contributed by atoms with van der Waals surface area (Å²) in [6.45, 7) is 7.24. The summed E-state index contributed by atoms with van der Waals surface area (Å²) < 4.78 is 10.5. The van der Waals surface area contributed by atoms with Crippen molar-refractivity contribution in [2.75, 3.05) is 20.8 Å². The molecule has 1 fully saturated rings. The van der Waals surface area contributed by atoms with Crippen LogP contribution in [0.5, 0.6) is 11.5 Å². The van der Waals surface area contributed by atoms with Crippen molar-refractivity contribution in [3.05, 3.63) is 23.8 Å². The summed E-state index contributed by atoms with van der Waals surface area (Å²) in [5, 5.41) is 7.00. The highest BCUT2D eigenvalue weighted by atomic mass is 16.5. The lowest BCUT2D eigenvalue weighted by Gasteiger charge is -2.34. The molecule has 0 aliphatic heterocycles. The van der Waals surface area contributed by atoms with Crippen LogP contribution in [0.3, 0.4) is 0 Å². The Kier molecular flexibility index (Phi) is 8.69. The maximum atomic E-state index is 12.0. The van der Waals surface area contributed by atoms with Gasteiger partial charge in [0.15, 0.2) is 11.5 Å². The average molecular weight is 418 g/mol. The SMILES string of the molecule is COc1ccc(CCNC(=O)CC(=O)NN=C2CCC(C(C)(C)C)CC2)cc1OC. The second-order valence-corrected chi connectivity index (χ2v) is 8.82. The van der Waals surface area contributed by atoms with E-state index < -0.39 is 0 Å². The zero-order valence-corrected chi connectivity index (χ0v) is 18.8. The molecule has 1 aromatic rings. The first kappa shape index (κ1) is 23.7. The van der Waals surface area contributed by atoms with Crippen LogP contribution in [0.25, 0.3) is 0 Å². The molecular formula is C23H35N3O4. The van der Waals surface area contributed by atoms with Gasteiger partial charge in [-0.1, -0.05) is 26.8 Å². The first-order chi connectivity index (χ1) is 14.2. The summed E-state index contributed by atoms with van der Waals surface area (Å²) in [4.78, 5) is 24.0. The normalized spacial score (nSPS) is 16.6. The maximum Gasteiger partial charge on any atom is 0.249 e. The summed E-state index contributed by atoms with van der Waals surface area (Å²) >= 11 is 0. The molecule has 1 saturated carbocycles. The van der Waals surface area contributed by atoms with Gasteiger partial charge in [-0.05, 0) is 61.1 Å². The quantitative estimate of drug-likeness (QED) is 0.501. The summed E-state index contributed by atoms with van der Waals surface area (Å²) in [5.74, 6) is 1.30. The lowest BCUT2D eigenvalue weighted by atomic mass is 9.72. The van der Waals surface area contributed by atoms with Gasteiger partial charge in [0, 0.05) is 12.3 Å². The van der Waals surface area contributed by atoms with E-state index in [9.17, 15) is 9.59 Å². The largest absolute Gasteiger partial charge is 0.493 e. The van der Waals surface area contributed by atoms with Gasteiger partial charge in [-0.2, -0.15) is 5.10 Å². The predicted molar refractivity (Wildman–Crippen MR) is 118 cm³/mol. The summed E-state index contributed by atoms with van der Waals surface area (Å²) in [6.07, 6.45) is 4.39. The van der Waals surface area contributed by atoms with Crippen LogP contribution < -0.4 is 20.2 Å². The van der Waals surface area contributed by atoms with Crippen LogP contribution in [-0.2, 0) is 16.0 Å². The van der Waals surface area contributed by atoms with Crippen molar-refractivity contribution in [1.82, 2.24) is 10.7 Å². The molecule has 1 aliphatic rings. The molecule has 2 rings (SSSR count). The van der Waals surface area contributed by atoms with Crippen LogP contribution in [0.1, 0.15) is 58.4 Å². The molecule has 7 nitrogen and oxygen atoms in total. The summed E-state index contributed by atoms with van der Waals surface area (Å²) in [6, 6.07) is 5.63. The fourth-order valence-electron chi connectivity index (χ4n) is 3.70. The van der Waals surface area contributed by atoms with Crippen molar-refractivity contribution in [1.29, 1.82) is 0 Å². The fraction of sp³-hybridized carbons (Fsp3) is 0.609. The number of rotatable bonds is 8. The number of ether oxygens (including phenoxy) is 2. The third-order valence-electron chi connectivity index (χ3n) is 5.63. The molecule has 0 heterocycles. The van der Waals surface area contributed by atoms with Gasteiger partial charge in [0.2, 0.25) is 11.8 Å². The van der Waals surface area contributed by atoms with E-state index >= 15 is 0 Å².